The van der Waals surface area contributed by atoms with Crippen LogP contribution in [-0.2, 0) is 14.4 Å². The van der Waals surface area contributed by atoms with Crippen molar-refractivity contribution >= 4 is 29.1 Å². The Labute approximate surface area is 169 Å². The van der Waals surface area contributed by atoms with Crippen molar-refractivity contribution in [2.75, 3.05) is 46.9 Å². The van der Waals surface area contributed by atoms with Gasteiger partial charge < -0.3 is 24.7 Å². The Bertz CT molecular complexity index is 762. The summed E-state index contributed by atoms with van der Waals surface area (Å²) in [6, 6.07) is 5.24. The minimum atomic E-state index is -0.726. The average Bonchev–Trinajstić information content (AvgIpc) is 3.19. The Kier molecular flexibility index (Phi) is 6.74. The molecular weight excluding hydrogens is 384 g/mol. The summed E-state index contributed by atoms with van der Waals surface area (Å²) in [6.45, 7) is 3.49. The number of benzene rings is 1. The van der Waals surface area contributed by atoms with Gasteiger partial charge in [-0.1, -0.05) is 16.8 Å². The molecule has 152 valence electrons. The number of methoxy groups -OCH3 is 1. The molecule has 9 heteroatoms. The van der Waals surface area contributed by atoms with E-state index in [9.17, 15) is 9.59 Å². The van der Waals surface area contributed by atoms with E-state index in [1.54, 1.807) is 25.3 Å². The highest BCUT2D eigenvalue weighted by Crippen LogP contribution is 2.27. The van der Waals surface area contributed by atoms with Gasteiger partial charge in [-0.05, 0) is 25.2 Å². The lowest BCUT2D eigenvalue weighted by atomic mass is 10.0. The smallest absolute Gasteiger partial charge is 0.264 e. The van der Waals surface area contributed by atoms with Crippen molar-refractivity contribution in [2.45, 2.75) is 18.9 Å². The molecule has 0 aliphatic carbocycles. The number of carbonyl (C=O) groups is 2. The van der Waals surface area contributed by atoms with Gasteiger partial charge in [0.05, 0.1) is 17.8 Å². The van der Waals surface area contributed by atoms with E-state index in [1.165, 1.54) is 0 Å². The number of ether oxygens (including phenoxy) is 1. The van der Waals surface area contributed by atoms with E-state index in [0.29, 0.717) is 28.5 Å². The van der Waals surface area contributed by atoms with E-state index < -0.39 is 6.10 Å². The molecule has 8 nitrogen and oxygen atoms in total. The number of nitrogens with zero attached hydrogens (tertiary/aromatic N) is 3. The minimum Gasteiger partial charge on any atom is -0.497 e. The molecule has 1 aromatic carbocycles. The highest BCUT2D eigenvalue weighted by atomic mass is 35.5. The van der Waals surface area contributed by atoms with Crippen LogP contribution in [0, 0.1) is 0 Å². The largest absolute Gasteiger partial charge is 0.497 e. The summed E-state index contributed by atoms with van der Waals surface area (Å²) < 4.78 is 5.20. The number of hydrogen-bond donors (Lipinski definition) is 1. The van der Waals surface area contributed by atoms with Crippen molar-refractivity contribution in [1.29, 1.82) is 0 Å². The van der Waals surface area contributed by atoms with Crippen molar-refractivity contribution in [1.82, 2.24) is 15.1 Å². The summed E-state index contributed by atoms with van der Waals surface area (Å²) in [4.78, 5) is 33.8. The zero-order valence-corrected chi connectivity index (χ0v) is 16.9. The fourth-order valence-electron chi connectivity index (χ4n) is 3.15. The zero-order valence-electron chi connectivity index (χ0n) is 16.1. The van der Waals surface area contributed by atoms with Crippen molar-refractivity contribution < 1.29 is 19.2 Å². The maximum atomic E-state index is 12.3. The molecule has 2 heterocycles. The fourth-order valence-corrected chi connectivity index (χ4v) is 3.38. The summed E-state index contributed by atoms with van der Waals surface area (Å²) in [7, 11) is 3.61. The first-order valence-electron chi connectivity index (χ1n) is 9.28. The molecule has 1 atom stereocenters. The first kappa shape index (κ1) is 20.4. The summed E-state index contributed by atoms with van der Waals surface area (Å²) in [5, 5.41) is 7.28. The molecule has 28 heavy (non-hydrogen) atoms. The molecule has 0 bridgehead atoms. The Balaban J connectivity index is 1.45. The van der Waals surface area contributed by atoms with E-state index in [-0.39, 0.29) is 24.8 Å². The Hall–Kier alpha value is -2.32. The van der Waals surface area contributed by atoms with Crippen LogP contribution in [0.4, 0.5) is 0 Å². The lowest BCUT2D eigenvalue weighted by Gasteiger charge is -2.32. The predicted molar refractivity (Wildman–Crippen MR) is 106 cm³/mol. The van der Waals surface area contributed by atoms with Crippen LogP contribution in [0.3, 0.4) is 0 Å². The molecule has 0 unspecified atom stereocenters. The number of hydrogen-bond acceptors (Lipinski definition) is 6. The molecule has 0 radical (unpaired) electrons. The number of oxime groups is 1. The molecule has 0 saturated carbocycles. The van der Waals surface area contributed by atoms with Gasteiger partial charge in [0.1, 0.15) is 5.75 Å². The third-order valence-corrected chi connectivity index (χ3v) is 5.27. The van der Waals surface area contributed by atoms with Gasteiger partial charge in [-0.2, -0.15) is 0 Å². The second-order valence-electron chi connectivity index (χ2n) is 6.91. The van der Waals surface area contributed by atoms with Crippen LogP contribution in [-0.4, -0.2) is 80.3 Å². The molecule has 2 aliphatic heterocycles. The number of carbonyl (C=O) groups excluding carboxylic acids is 2. The summed E-state index contributed by atoms with van der Waals surface area (Å²) in [5.74, 6) is 0.419. The lowest BCUT2D eigenvalue weighted by molar-refractivity contribution is -0.133. The lowest BCUT2D eigenvalue weighted by Crippen LogP contribution is -2.48. The number of amides is 2. The second kappa shape index (κ2) is 9.25. The van der Waals surface area contributed by atoms with Crippen LogP contribution in [0.2, 0.25) is 5.02 Å². The van der Waals surface area contributed by atoms with Crippen LogP contribution in [0.15, 0.2) is 23.4 Å². The van der Waals surface area contributed by atoms with Crippen LogP contribution in [0.5, 0.6) is 5.75 Å². The highest BCUT2D eigenvalue weighted by molar-refractivity contribution is 6.34. The first-order chi connectivity index (χ1) is 13.5. The molecule has 0 aromatic heterocycles. The van der Waals surface area contributed by atoms with E-state index in [4.69, 9.17) is 21.2 Å². The van der Waals surface area contributed by atoms with Crippen molar-refractivity contribution in [3.8, 4) is 5.75 Å². The molecular formula is C19H25ClN4O4. The topological polar surface area (TPSA) is 83.5 Å². The van der Waals surface area contributed by atoms with Crippen LogP contribution in [0.1, 0.15) is 18.4 Å². The van der Waals surface area contributed by atoms with Gasteiger partial charge in [0.25, 0.3) is 5.91 Å². The first-order valence-corrected chi connectivity index (χ1v) is 9.66. The van der Waals surface area contributed by atoms with Crippen LogP contribution < -0.4 is 10.1 Å². The standard InChI is InChI=1S/C19H25ClN4O4/c1-23-7-9-24(10-8-23)18(25)5-6-21-19(26)17-12-16(22-28-17)14-11-13(27-2)3-4-15(14)20/h3-4,11,17H,5-10,12H2,1-2H3,(H,21,26)/t17-/m1/s1. The van der Waals surface area contributed by atoms with Gasteiger partial charge in [-0.25, -0.2) is 0 Å². The van der Waals surface area contributed by atoms with Gasteiger partial charge in [0.15, 0.2) is 0 Å². The average molecular weight is 409 g/mol. The molecule has 1 saturated heterocycles. The second-order valence-corrected chi connectivity index (χ2v) is 7.31. The van der Waals surface area contributed by atoms with Crippen LogP contribution >= 0.6 is 11.6 Å². The van der Waals surface area contributed by atoms with Gasteiger partial charge in [0, 0.05) is 51.1 Å². The van der Waals surface area contributed by atoms with E-state index in [0.717, 1.165) is 26.2 Å². The number of nitrogens with one attached hydrogen (secondary N) is 1. The molecule has 2 aliphatic rings. The molecule has 1 fully saturated rings. The highest BCUT2D eigenvalue weighted by Gasteiger charge is 2.30. The Morgan fingerprint density at radius 1 is 1.32 bits per heavy atom. The Morgan fingerprint density at radius 2 is 2.07 bits per heavy atom. The summed E-state index contributed by atoms with van der Waals surface area (Å²) in [6.07, 6.45) is -0.140. The SMILES string of the molecule is COc1ccc(Cl)c(C2=NO[C@@H](C(=O)NCCC(=O)N3CCN(C)CC3)C2)c1. The van der Waals surface area contributed by atoms with Crippen molar-refractivity contribution in [2.24, 2.45) is 5.16 Å². The minimum absolute atomic E-state index is 0.0563. The normalized spacial score (nSPS) is 19.8. The van der Waals surface area contributed by atoms with Gasteiger partial charge >= 0.3 is 0 Å². The molecule has 1 aromatic rings. The quantitative estimate of drug-likeness (QED) is 0.762. The monoisotopic (exact) mass is 408 g/mol. The summed E-state index contributed by atoms with van der Waals surface area (Å²) >= 11 is 6.22. The predicted octanol–water partition coefficient (Wildman–Crippen LogP) is 1.12. The van der Waals surface area contributed by atoms with Crippen molar-refractivity contribution in [3.63, 3.8) is 0 Å². The van der Waals surface area contributed by atoms with Gasteiger partial charge in [-0.15, -0.1) is 0 Å². The zero-order chi connectivity index (χ0) is 20.1. The van der Waals surface area contributed by atoms with Crippen molar-refractivity contribution in [3.05, 3.63) is 28.8 Å². The third kappa shape index (κ3) is 4.94. The molecule has 3 rings (SSSR count). The maximum absolute atomic E-state index is 12.3. The van der Waals surface area contributed by atoms with Crippen LogP contribution in [0.25, 0.3) is 0 Å². The Morgan fingerprint density at radius 3 is 2.79 bits per heavy atom. The number of piperazine rings is 1. The van der Waals surface area contributed by atoms with E-state index >= 15 is 0 Å². The molecule has 1 N–H and O–H groups in total. The van der Waals surface area contributed by atoms with E-state index in [1.807, 2.05) is 11.9 Å². The molecule has 2 amide bonds. The molecule has 0 spiro atoms. The maximum Gasteiger partial charge on any atom is 0.264 e. The van der Waals surface area contributed by atoms with Gasteiger partial charge in [-0.3, -0.25) is 9.59 Å². The van der Waals surface area contributed by atoms with Gasteiger partial charge in [0.2, 0.25) is 12.0 Å². The number of likely N-dealkylation sites (N-methyl/N-ethyl adjacent to an activating group) is 1. The van der Waals surface area contributed by atoms with E-state index in [2.05, 4.69) is 15.4 Å². The number of rotatable bonds is 6. The fraction of sp³-hybridized carbons (Fsp3) is 0.526. The third-order valence-electron chi connectivity index (χ3n) is 4.94. The summed E-state index contributed by atoms with van der Waals surface area (Å²) in [5.41, 5.74) is 1.28. The number of halogens is 1.